The fraction of sp³-hybridized carbons (Fsp3) is 0.444. The minimum Gasteiger partial charge on any atom is -0.352 e. The number of nitrogens with one attached hydrogen (secondary N) is 1. The molecular formula is C18H23N3O. The molecule has 0 bridgehead atoms. The molecule has 1 aromatic carbocycles. The molecule has 3 rings (SSSR count). The molecule has 2 aromatic rings. The zero-order valence-corrected chi connectivity index (χ0v) is 13.4. The highest BCUT2D eigenvalue weighted by Crippen LogP contribution is 2.14. The predicted molar refractivity (Wildman–Crippen MR) is 87.1 cm³/mol. The molecule has 1 aliphatic rings. The Balaban J connectivity index is 1.55. The first-order chi connectivity index (χ1) is 10.6. The number of rotatable bonds is 4. The van der Waals surface area contributed by atoms with E-state index in [1.807, 2.05) is 25.1 Å². The standard InChI is InChI=1S/C18H23N3O/c1-13-6-7-15(11-14(13)2)18(22)19-9-8-16-12-21-10-4-3-5-17(21)20-16/h6-7,11-12H,3-5,8-10H2,1-2H3,(H,19,22). The molecule has 1 aliphatic heterocycles. The molecule has 0 radical (unpaired) electrons. The van der Waals surface area contributed by atoms with Crippen molar-refractivity contribution in [2.75, 3.05) is 6.54 Å². The second kappa shape index (κ2) is 6.34. The number of carbonyl (C=O) groups is 1. The van der Waals surface area contributed by atoms with E-state index in [4.69, 9.17) is 0 Å². The van der Waals surface area contributed by atoms with Crippen molar-refractivity contribution in [1.82, 2.24) is 14.9 Å². The average Bonchev–Trinajstić information content (AvgIpc) is 2.92. The van der Waals surface area contributed by atoms with Crippen LogP contribution in [0, 0.1) is 13.8 Å². The highest BCUT2D eigenvalue weighted by molar-refractivity contribution is 5.94. The molecule has 0 atom stereocenters. The van der Waals surface area contributed by atoms with Crippen LogP contribution in [0.1, 0.15) is 45.8 Å². The van der Waals surface area contributed by atoms with Gasteiger partial charge in [-0.15, -0.1) is 0 Å². The van der Waals surface area contributed by atoms with Crippen LogP contribution in [0.15, 0.2) is 24.4 Å². The molecule has 2 heterocycles. The Morgan fingerprint density at radius 1 is 1.27 bits per heavy atom. The quantitative estimate of drug-likeness (QED) is 0.943. The van der Waals surface area contributed by atoms with Gasteiger partial charge in [0.1, 0.15) is 5.82 Å². The Morgan fingerprint density at radius 3 is 2.91 bits per heavy atom. The Kier molecular flexibility index (Phi) is 4.27. The zero-order chi connectivity index (χ0) is 15.5. The first kappa shape index (κ1) is 14.8. The lowest BCUT2D eigenvalue weighted by molar-refractivity contribution is 0.0954. The van der Waals surface area contributed by atoms with Crippen LogP contribution in [0.2, 0.25) is 0 Å². The number of fused-ring (bicyclic) bond motifs is 1. The van der Waals surface area contributed by atoms with Crippen molar-refractivity contribution in [2.45, 2.75) is 46.1 Å². The minimum atomic E-state index is -0.00734. The number of aromatic nitrogens is 2. The van der Waals surface area contributed by atoms with Gasteiger partial charge in [-0.05, 0) is 49.9 Å². The van der Waals surface area contributed by atoms with Crippen molar-refractivity contribution in [3.05, 3.63) is 52.6 Å². The number of hydrogen-bond donors (Lipinski definition) is 1. The van der Waals surface area contributed by atoms with Gasteiger partial charge < -0.3 is 9.88 Å². The number of aryl methyl sites for hydroxylation is 4. The Hall–Kier alpha value is -2.10. The van der Waals surface area contributed by atoms with Gasteiger partial charge in [-0.25, -0.2) is 4.98 Å². The molecule has 1 aromatic heterocycles. The summed E-state index contributed by atoms with van der Waals surface area (Å²) in [6.45, 7) is 5.79. The summed E-state index contributed by atoms with van der Waals surface area (Å²) in [5, 5.41) is 2.99. The van der Waals surface area contributed by atoms with Crippen LogP contribution < -0.4 is 5.32 Å². The number of hydrogen-bond acceptors (Lipinski definition) is 2. The number of benzene rings is 1. The first-order valence-electron chi connectivity index (χ1n) is 8.04. The number of nitrogens with zero attached hydrogens (tertiary/aromatic N) is 2. The lowest BCUT2D eigenvalue weighted by Crippen LogP contribution is -2.25. The van der Waals surface area contributed by atoms with E-state index in [-0.39, 0.29) is 5.91 Å². The zero-order valence-electron chi connectivity index (χ0n) is 13.4. The summed E-state index contributed by atoms with van der Waals surface area (Å²) in [6.07, 6.45) is 6.48. The molecule has 0 spiro atoms. The Labute approximate surface area is 131 Å². The molecular weight excluding hydrogens is 274 g/mol. The fourth-order valence-electron chi connectivity index (χ4n) is 2.88. The van der Waals surface area contributed by atoms with Crippen LogP contribution in [-0.2, 0) is 19.4 Å². The molecule has 0 saturated heterocycles. The molecule has 0 unspecified atom stereocenters. The summed E-state index contributed by atoms with van der Waals surface area (Å²) in [5.41, 5.74) is 4.17. The summed E-state index contributed by atoms with van der Waals surface area (Å²) in [6, 6.07) is 5.82. The Bertz CT molecular complexity index is 664. The van der Waals surface area contributed by atoms with Crippen LogP contribution in [0.4, 0.5) is 0 Å². The highest BCUT2D eigenvalue weighted by atomic mass is 16.1. The minimum absolute atomic E-state index is 0.00734. The topological polar surface area (TPSA) is 46.9 Å². The van der Waals surface area contributed by atoms with Gasteiger partial charge in [-0.1, -0.05) is 6.07 Å². The Morgan fingerprint density at radius 2 is 2.14 bits per heavy atom. The maximum absolute atomic E-state index is 12.2. The van der Waals surface area contributed by atoms with Crippen LogP contribution in [0.5, 0.6) is 0 Å². The summed E-state index contributed by atoms with van der Waals surface area (Å²) >= 11 is 0. The van der Waals surface area contributed by atoms with Crippen LogP contribution in [0.3, 0.4) is 0 Å². The van der Waals surface area contributed by atoms with Crippen molar-refractivity contribution in [1.29, 1.82) is 0 Å². The number of carbonyl (C=O) groups excluding carboxylic acids is 1. The SMILES string of the molecule is Cc1ccc(C(=O)NCCc2cn3c(n2)CCCC3)cc1C. The third-order valence-electron chi connectivity index (χ3n) is 4.39. The highest BCUT2D eigenvalue weighted by Gasteiger charge is 2.12. The van der Waals surface area contributed by atoms with E-state index < -0.39 is 0 Å². The van der Waals surface area contributed by atoms with Crippen molar-refractivity contribution in [3.8, 4) is 0 Å². The second-order valence-corrected chi connectivity index (χ2v) is 6.10. The van der Waals surface area contributed by atoms with Gasteiger partial charge in [0.2, 0.25) is 0 Å². The van der Waals surface area contributed by atoms with E-state index in [2.05, 4.69) is 28.0 Å². The van der Waals surface area contributed by atoms with Gasteiger partial charge in [0.25, 0.3) is 5.91 Å². The van der Waals surface area contributed by atoms with Gasteiger partial charge in [-0.3, -0.25) is 4.79 Å². The molecule has 1 N–H and O–H groups in total. The summed E-state index contributed by atoms with van der Waals surface area (Å²) < 4.78 is 2.25. The van der Waals surface area contributed by atoms with Gasteiger partial charge in [0.05, 0.1) is 5.69 Å². The van der Waals surface area contributed by atoms with E-state index in [0.29, 0.717) is 6.54 Å². The monoisotopic (exact) mass is 297 g/mol. The van der Waals surface area contributed by atoms with E-state index >= 15 is 0 Å². The molecule has 0 aliphatic carbocycles. The van der Waals surface area contributed by atoms with Crippen LogP contribution in [-0.4, -0.2) is 22.0 Å². The van der Waals surface area contributed by atoms with Crippen molar-refractivity contribution >= 4 is 5.91 Å². The van der Waals surface area contributed by atoms with Crippen molar-refractivity contribution < 1.29 is 4.79 Å². The van der Waals surface area contributed by atoms with E-state index in [1.165, 1.54) is 24.2 Å². The molecule has 4 heteroatoms. The van der Waals surface area contributed by atoms with Crippen molar-refractivity contribution in [2.24, 2.45) is 0 Å². The van der Waals surface area contributed by atoms with E-state index in [1.54, 1.807) is 0 Å². The fourth-order valence-corrected chi connectivity index (χ4v) is 2.88. The van der Waals surface area contributed by atoms with Gasteiger partial charge >= 0.3 is 0 Å². The predicted octanol–water partition coefficient (Wildman–Crippen LogP) is 2.81. The number of amides is 1. The summed E-state index contributed by atoms with van der Waals surface area (Å²) in [5.74, 6) is 1.19. The molecule has 0 fully saturated rings. The smallest absolute Gasteiger partial charge is 0.251 e. The first-order valence-corrected chi connectivity index (χ1v) is 8.04. The molecule has 1 amide bonds. The van der Waals surface area contributed by atoms with Crippen molar-refractivity contribution in [3.63, 3.8) is 0 Å². The summed E-state index contributed by atoms with van der Waals surface area (Å²) in [7, 11) is 0. The normalized spacial score (nSPS) is 13.7. The molecule has 22 heavy (non-hydrogen) atoms. The largest absolute Gasteiger partial charge is 0.352 e. The molecule has 116 valence electrons. The third kappa shape index (κ3) is 3.21. The van der Waals surface area contributed by atoms with Gasteiger partial charge in [0, 0.05) is 37.7 Å². The number of imidazole rings is 1. The van der Waals surface area contributed by atoms with E-state index in [9.17, 15) is 4.79 Å². The summed E-state index contributed by atoms with van der Waals surface area (Å²) in [4.78, 5) is 16.8. The van der Waals surface area contributed by atoms with Gasteiger partial charge in [0.15, 0.2) is 0 Å². The van der Waals surface area contributed by atoms with E-state index in [0.717, 1.165) is 36.2 Å². The maximum Gasteiger partial charge on any atom is 0.251 e. The van der Waals surface area contributed by atoms with Crippen LogP contribution >= 0.6 is 0 Å². The lowest BCUT2D eigenvalue weighted by Gasteiger charge is -2.11. The maximum atomic E-state index is 12.2. The molecule has 4 nitrogen and oxygen atoms in total. The second-order valence-electron chi connectivity index (χ2n) is 6.10. The van der Waals surface area contributed by atoms with Crippen LogP contribution in [0.25, 0.3) is 0 Å². The average molecular weight is 297 g/mol. The third-order valence-corrected chi connectivity index (χ3v) is 4.39. The molecule has 0 saturated carbocycles. The van der Waals surface area contributed by atoms with Gasteiger partial charge in [-0.2, -0.15) is 0 Å². The lowest BCUT2D eigenvalue weighted by atomic mass is 10.1.